The number of rotatable bonds is 6. The Morgan fingerprint density at radius 3 is 2.83 bits per heavy atom. The Hall–Kier alpha value is -4.01. The van der Waals surface area contributed by atoms with Crippen LogP contribution in [0.3, 0.4) is 0 Å². The molecule has 4 aromatic rings. The fourth-order valence-electron chi connectivity index (χ4n) is 3.15. The van der Waals surface area contributed by atoms with Crippen molar-refractivity contribution >= 4 is 16.9 Å². The highest BCUT2D eigenvalue weighted by Gasteiger charge is 2.11. The number of nitrogens with one attached hydrogen (secondary N) is 1. The molecule has 0 atom stereocenters. The summed E-state index contributed by atoms with van der Waals surface area (Å²) in [5.74, 6) is -0.372. The maximum Gasteiger partial charge on any atom is 0.335 e. The summed E-state index contributed by atoms with van der Waals surface area (Å²) in [7, 11) is 0. The highest BCUT2D eigenvalue weighted by molar-refractivity contribution is 5.93. The number of carbonyl (C=O) groups is 1. The van der Waals surface area contributed by atoms with E-state index in [4.69, 9.17) is 0 Å². The molecule has 152 valence electrons. The Kier molecular flexibility index (Phi) is 5.25. The minimum Gasteiger partial charge on any atom is -0.430 e. The van der Waals surface area contributed by atoms with Gasteiger partial charge in [0.05, 0.1) is 24.8 Å². The molecular formula is C21H19N5O4. The molecule has 30 heavy (non-hydrogen) atoms. The predicted molar refractivity (Wildman–Crippen MR) is 109 cm³/mol. The maximum atomic E-state index is 12.8. The van der Waals surface area contributed by atoms with Crippen molar-refractivity contribution < 1.29 is 9.21 Å². The van der Waals surface area contributed by atoms with Crippen molar-refractivity contribution in [3.8, 4) is 0 Å². The zero-order valence-electron chi connectivity index (χ0n) is 16.2. The molecule has 0 spiro atoms. The van der Waals surface area contributed by atoms with E-state index in [-0.39, 0.29) is 23.6 Å². The highest BCUT2D eigenvalue weighted by Crippen LogP contribution is 2.08. The quantitative estimate of drug-likeness (QED) is 0.518. The average molecular weight is 405 g/mol. The lowest BCUT2D eigenvalue weighted by molar-refractivity contribution is 0.0949. The van der Waals surface area contributed by atoms with Gasteiger partial charge in [-0.25, -0.2) is 14.5 Å². The van der Waals surface area contributed by atoms with Gasteiger partial charge in [0.25, 0.3) is 11.5 Å². The summed E-state index contributed by atoms with van der Waals surface area (Å²) in [4.78, 5) is 40.2. The second kappa shape index (κ2) is 8.16. The Morgan fingerprint density at radius 2 is 2.07 bits per heavy atom. The number of aryl methyl sites for hydroxylation is 1. The average Bonchev–Trinajstić information content (AvgIpc) is 3.14. The molecule has 9 nitrogen and oxygen atoms in total. The van der Waals surface area contributed by atoms with E-state index in [2.05, 4.69) is 19.8 Å². The highest BCUT2D eigenvalue weighted by atomic mass is 16.4. The summed E-state index contributed by atoms with van der Waals surface area (Å²) in [5.41, 5.74) is 2.16. The summed E-state index contributed by atoms with van der Waals surface area (Å²) in [6, 6.07) is 10.5. The number of hydrogen-bond donors (Lipinski definition) is 1. The Bertz CT molecular complexity index is 1310. The van der Waals surface area contributed by atoms with Crippen molar-refractivity contribution in [1.82, 2.24) is 24.6 Å². The monoisotopic (exact) mass is 405 g/mol. The number of aromatic nitrogens is 4. The van der Waals surface area contributed by atoms with E-state index in [1.165, 1.54) is 24.7 Å². The van der Waals surface area contributed by atoms with Gasteiger partial charge in [-0.3, -0.25) is 14.2 Å². The first-order chi connectivity index (χ1) is 14.5. The van der Waals surface area contributed by atoms with Crippen molar-refractivity contribution in [1.29, 1.82) is 0 Å². The Balaban J connectivity index is 1.46. The van der Waals surface area contributed by atoms with E-state index >= 15 is 0 Å². The van der Waals surface area contributed by atoms with Gasteiger partial charge in [-0.05, 0) is 18.6 Å². The third-order valence-corrected chi connectivity index (χ3v) is 4.63. The van der Waals surface area contributed by atoms with Crippen LogP contribution in [0.15, 0.2) is 69.2 Å². The van der Waals surface area contributed by atoms with Crippen molar-refractivity contribution in [2.24, 2.45) is 0 Å². The molecule has 0 unspecified atom stereocenters. The number of amides is 1. The summed E-state index contributed by atoms with van der Waals surface area (Å²) in [5, 5.41) is 7.36. The van der Waals surface area contributed by atoms with E-state index < -0.39 is 5.63 Å². The summed E-state index contributed by atoms with van der Waals surface area (Å²) >= 11 is 0. The second-order valence-corrected chi connectivity index (χ2v) is 6.87. The van der Waals surface area contributed by atoms with Gasteiger partial charge in [0.2, 0.25) is 0 Å². The zero-order chi connectivity index (χ0) is 21.1. The van der Waals surface area contributed by atoms with Crippen LogP contribution in [0.5, 0.6) is 0 Å². The van der Waals surface area contributed by atoms with Crippen LogP contribution in [-0.4, -0.2) is 31.8 Å². The first-order valence-electron chi connectivity index (χ1n) is 9.35. The third kappa shape index (κ3) is 4.04. The molecule has 0 saturated heterocycles. The lowest BCUT2D eigenvalue weighted by Crippen LogP contribution is -2.28. The van der Waals surface area contributed by atoms with E-state index in [1.54, 1.807) is 9.25 Å². The molecule has 0 aliphatic heterocycles. The number of benzene rings is 1. The normalized spacial score (nSPS) is 11.0. The van der Waals surface area contributed by atoms with Gasteiger partial charge in [0.1, 0.15) is 18.0 Å². The minimum atomic E-state index is -0.520. The lowest BCUT2D eigenvalue weighted by atomic mass is 10.1. The SMILES string of the molecule is Cc1cccc(Cn2cnc3c(cnn3CCNC(=O)c3ccc(=O)oc3)c2=O)c1. The van der Waals surface area contributed by atoms with Gasteiger partial charge in [-0.2, -0.15) is 5.10 Å². The van der Waals surface area contributed by atoms with Crippen LogP contribution in [0.2, 0.25) is 0 Å². The van der Waals surface area contributed by atoms with Gasteiger partial charge in [0, 0.05) is 12.6 Å². The zero-order valence-corrected chi connectivity index (χ0v) is 16.2. The molecule has 3 heterocycles. The topological polar surface area (TPSA) is 112 Å². The summed E-state index contributed by atoms with van der Waals surface area (Å²) in [6.07, 6.45) is 4.11. The molecule has 0 saturated carbocycles. The first kappa shape index (κ1) is 19.3. The largest absolute Gasteiger partial charge is 0.430 e. The second-order valence-electron chi connectivity index (χ2n) is 6.87. The third-order valence-electron chi connectivity index (χ3n) is 4.63. The van der Waals surface area contributed by atoms with Crippen LogP contribution in [0.1, 0.15) is 21.5 Å². The van der Waals surface area contributed by atoms with Crippen molar-refractivity contribution in [3.05, 3.63) is 92.6 Å². The number of hydrogen-bond acceptors (Lipinski definition) is 6. The molecular weight excluding hydrogens is 386 g/mol. The van der Waals surface area contributed by atoms with Crippen LogP contribution in [0.25, 0.3) is 11.0 Å². The summed E-state index contributed by atoms with van der Waals surface area (Å²) in [6.45, 7) is 3.03. The van der Waals surface area contributed by atoms with Crippen LogP contribution >= 0.6 is 0 Å². The molecule has 0 bridgehead atoms. The van der Waals surface area contributed by atoms with Gasteiger partial charge < -0.3 is 9.73 Å². The number of fused-ring (bicyclic) bond motifs is 1. The van der Waals surface area contributed by atoms with E-state index in [9.17, 15) is 14.4 Å². The Labute approximate surface area is 170 Å². The number of carbonyl (C=O) groups excluding carboxylic acids is 1. The standard InChI is InChI=1S/C21H19N5O4/c1-14-3-2-4-15(9-14)11-25-13-23-19-17(21(25)29)10-24-26(19)8-7-22-20(28)16-5-6-18(27)30-12-16/h2-6,9-10,12-13H,7-8,11H2,1H3,(H,22,28). The van der Waals surface area contributed by atoms with Crippen molar-refractivity contribution in [2.45, 2.75) is 20.0 Å². The molecule has 0 fully saturated rings. The molecule has 0 aliphatic rings. The smallest absolute Gasteiger partial charge is 0.335 e. The minimum absolute atomic E-state index is 0.170. The molecule has 9 heteroatoms. The maximum absolute atomic E-state index is 12.8. The van der Waals surface area contributed by atoms with Crippen LogP contribution in [0.4, 0.5) is 0 Å². The van der Waals surface area contributed by atoms with Crippen molar-refractivity contribution in [3.63, 3.8) is 0 Å². The van der Waals surface area contributed by atoms with Gasteiger partial charge in [-0.1, -0.05) is 29.8 Å². The fourth-order valence-corrected chi connectivity index (χ4v) is 3.15. The fraction of sp³-hybridized carbons (Fsp3) is 0.190. The molecule has 0 radical (unpaired) electrons. The summed E-state index contributed by atoms with van der Waals surface area (Å²) < 4.78 is 7.80. The van der Waals surface area contributed by atoms with Gasteiger partial charge in [0.15, 0.2) is 5.65 Å². The molecule has 1 N–H and O–H groups in total. The lowest BCUT2D eigenvalue weighted by Gasteiger charge is -2.08. The molecule has 4 rings (SSSR count). The van der Waals surface area contributed by atoms with E-state index in [0.29, 0.717) is 24.1 Å². The van der Waals surface area contributed by atoms with Crippen LogP contribution in [0, 0.1) is 6.92 Å². The molecule has 1 aromatic carbocycles. The Morgan fingerprint density at radius 1 is 1.20 bits per heavy atom. The van der Waals surface area contributed by atoms with Gasteiger partial charge >= 0.3 is 5.63 Å². The first-order valence-corrected chi connectivity index (χ1v) is 9.35. The molecule has 3 aromatic heterocycles. The van der Waals surface area contributed by atoms with Crippen LogP contribution < -0.4 is 16.5 Å². The van der Waals surface area contributed by atoms with Crippen LogP contribution in [-0.2, 0) is 13.1 Å². The predicted octanol–water partition coefficient (Wildman–Crippen LogP) is 1.33. The van der Waals surface area contributed by atoms with E-state index in [1.807, 2.05) is 31.2 Å². The number of nitrogens with zero attached hydrogens (tertiary/aromatic N) is 4. The van der Waals surface area contributed by atoms with Crippen molar-refractivity contribution in [2.75, 3.05) is 6.54 Å². The van der Waals surface area contributed by atoms with E-state index in [0.717, 1.165) is 17.4 Å². The van der Waals surface area contributed by atoms with Gasteiger partial charge in [-0.15, -0.1) is 0 Å². The molecule has 0 aliphatic carbocycles. The molecule has 1 amide bonds.